The second kappa shape index (κ2) is 6.86. The van der Waals surface area contributed by atoms with Gasteiger partial charge in [0.05, 0.1) is 0 Å². The van der Waals surface area contributed by atoms with Crippen LogP contribution in [0.15, 0.2) is 0 Å². The summed E-state index contributed by atoms with van der Waals surface area (Å²) in [5.74, 6) is 0.291. The van der Waals surface area contributed by atoms with Crippen LogP contribution in [0, 0.1) is 11.3 Å². The largest absolute Gasteiger partial charge is 0.338 e. The minimum absolute atomic E-state index is 0.0959. The van der Waals surface area contributed by atoms with E-state index < -0.39 is 11.6 Å². The molecule has 1 N–H and O–H groups in total. The van der Waals surface area contributed by atoms with Gasteiger partial charge in [0.2, 0.25) is 5.91 Å². The van der Waals surface area contributed by atoms with Crippen molar-refractivity contribution in [3.63, 3.8) is 0 Å². The van der Waals surface area contributed by atoms with Gasteiger partial charge in [-0.15, -0.1) is 0 Å². The fraction of sp³-hybridized carbons (Fsp3) is 0.850. The molecule has 6 heteroatoms. The van der Waals surface area contributed by atoms with Crippen LogP contribution in [-0.2, 0) is 9.59 Å². The molecule has 0 aromatic heterocycles. The van der Waals surface area contributed by atoms with E-state index in [0.29, 0.717) is 18.8 Å². The molecule has 2 aliphatic heterocycles. The first-order chi connectivity index (χ1) is 12.1. The maximum atomic E-state index is 12.9. The third kappa shape index (κ3) is 3.74. The Labute approximate surface area is 156 Å². The number of imide groups is 1. The zero-order valence-corrected chi connectivity index (χ0v) is 16.6. The van der Waals surface area contributed by atoms with E-state index in [-0.39, 0.29) is 29.8 Å². The van der Waals surface area contributed by atoms with Gasteiger partial charge in [0.25, 0.3) is 5.91 Å². The predicted molar refractivity (Wildman–Crippen MR) is 99.4 cm³/mol. The summed E-state index contributed by atoms with van der Waals surface area (Å²) in [6.45, 7) is 9.32. The van der Waals surface area contributed by atoms with Crippen LogP contribution >= 0.6 is 0 Å². The van der Waals surface area contributed by atoms with Crippen LogP contribution < -0.4 is 5.32 Å². The standard InChI is InChI=1S/C20H33N3O3/c1-14-7-9-20(10-8-14)17(25)23(18(26)21-20)13-16(24)22-11-5-6-15(22)12-19(2,3)4/h14-15H,5-13H2,1-4H3,(H,21,26). The van der Waals surface area contributed by atoms with Gasteiger partial charge in [-0.25, -0.2) is 4.79 Å². The van der Waals surface area contributed by atoms with Gasteiger partial charge in [0.15, 0.2) is 0 Å². The lowest BCUT2D eigenvalue weighted by Crippen LogP contribution is -2.50. The summed E-state index contributed by atoms with van der Waals surface area (Å²) in [4.78, 5) is 41.3. The molecule has 6 nitrogen and oxygen atoms in total. The lowest BCUT2D eigenvalue weighted by atomic mass is 9.77. The molecule has 0 radical (unpaired) electrons. The smallest absolute Gasteiger partial charge is 0.325 e. The van der Waals surface area contributed by atoms with E-state index in [1.54, 1.807) is 0 Å². The molecule has 3 aliphatic rings. The molecule has 1 atom stereocenters. The molecule has 2 saturated heterocycles. The Bertz CT molecular complexity index is 588. The average molecular weight is 364 g/mol. The Balaban J connectivity index is 1.65. The zero-order chi connectivity index (χ0) is 19.1. The van der Waals surface area contributed by atoms with Crippen LogP contribution in [0.5, 0.6) is 0 Å². The van der Waals surface area contributed by atoms with Crippen molar-refractivity contribution in [3.8, 4) is 0 Å². The topological polar surface area (TPSA) is 69.7 Å². The van der Waals surface area contributed by atoms with Crippen molar-refractivity contribution in [2.45, 2.75) is 84.2 Å². The highest BCUT2D eigenvalue weighted by molar-refractivity contribution is 6.09. The van der Waals surface area contributed by atoms with Crippen molar-refractivity contribution >= 4 is 17.8 Å². The third-order valence-electron chi connectivity index (χ3n) is 6.21. The molecule has 2 heterocycles. The minimum Gasteiger partial charge on any atom is -0.338 e. The number of hydrogen-bond acceptors (Lipinski definition) is 3. The number of urea groups is 1. The summed E-state index contributed by atoms with van der Waals surface area (Å²) >= 11 is 0. The summed E-state index contributed by atoms with van der Waals surface area (Å²) in [7, 11) is 0. The molecule has 0 aromatic rings. The first-order valence-corrected chi connectivity index (χ1v) is 10.0. The second-order valence-corrected chi connectivity index (χ2v) is 9.73. The van der Waals surface area contributed by atoms with Crippen molar-refractivity contribution in [1.82, 2.24) is 15.1 Å². The Kier molecular flexibility index (Phi) is 5.06. The van der Waals surface area contributed by atoms with E-state index >= 15 is 0 Å². The van der Waals surface area contributed by atoms with E-state index in [0.717, 1.165) is 43.5 Å². The first-order valence-electron chi connectivity index (χ1n) is 10.0. The number of nitrogens with zero attached hydrogens (tertiary/aromatic N) is 2. The van der Waals surface area contributed by atoms with Gasteiger partial charge in [-0.2, -0.15) is 0 Å². The van der Waals surface area contributed by atoms with E-state index in [2.05, 4.69) is 33.0 Å². The molecule has 146 valence electrons. The molecule has 1 unspecified atom stereocenters. The molecule has 3 fully saturated rings. The molecule has 1 aliphatic carbocycles. The highest BCUT2D eigenvalue weighted by atomic mass is 16.2. The monoisotopic (exact) mass is 363 g/mol. The van der Waals surface area contributed by atoms with E-state index in [1.807, 2.05) is 4.90 Å². The number of amides is 4. The summed E-state index contributed by atoms with van der Waals surface area (Å²) in [5, 5.41) is 2.90. The fourth-order valence-electron chi connectivity index (χ4n) is 4.72. The predicted octanol–water partition coefficient (Wildman–Crippen LogP) is 2.91. The number of rotatable bonds is 3. The zero-order valence-electron chi connectivity index (χ0n) is 16.6. The Morgan fingerprint density at radius 1 is 1.19 bits per heavy atom. The maximum Gasteiger partial charge on any atom is 0.325 e. The summed E-state index contributed by atoms with van der Waals surface area (Å²) < 4.78 is 0. The van der Waals surface area contributed by atoms with Gasteiger partial charge in [0.1, 0.15) is 12.1 Å². The van der Waals surface area contributed by atoms with E-state index in [4.69, 9.17) is 0 Å². The highest BCUT2D eigenvalue weighted by Gasteiger charge is 2.52. The molecule has 26 heavy (non-hydrogen) atoms. The van der Waals surface area contributed by atoms with Gasteiger partial charge < -0.3 is 10.2 Å². The van der Waals surface area contributed by atoms with Gasteiger partial charge in [-0.3, -0.25) is 14.5 Å². The molecule has 0 aromatic carbocycles. The van der Waals surface area contributed by atoms with Gasteiger partial charge in [-0.1, -0.05) is 27.7 Å². The molecule has 1 saturated carbocycles. The summed E-state index contributed by atoms with van der Waals surface area (Å²) in [6.07, 6.45) is 6.18. The van der Waals surface area contributed by atoms with Crippen molar-refractivity contribution < 1.29 is 14.4 Å². The van der Waals surface area contributed by atoms with E-state index in [1.165, 1.54) is 0 Å². The van der Waals surface area contributed by atoms with Crippen molar-refractivity contribution in [2.75, 3.05) is 13.1 Å². The van der Waals surface area contributed by atoms with Crippen LogP contribution in [0.2, 0.25) is 0 Å². The van der Waals surface area contributed by atoms with Crippen molar-refractivity contribution in [2.24, 2.45) is 11.3 Å². The Morgan fingerprint density at radius 3 is 2.46 bits per heavy atom. The second-order valence-electron chi connectivity index (χ2n) is 9.73. The van der Waals surface area contributed by atoms with Gasteiger partial charge in [0, 0.05) is 12.6 Å². The molecule has 3 rings (SSSR count). The SMILES string of the molecule is CC1CCC2(CC1)NC(=O)N(CC(=O)N1CCCC1CC(C)(C)C)C2=O. The van der Waals surface area contributed by atoms with Crippen LogP contribution in [0.4, 0.5) is 4.79 Å². The van der Waals surface area contributed by atoms with Crippen LogP contribution in [-0.4, -0.2) is 52.3 Å². The Morgan fingerprint density at radius 2 is 1.85 bits per heavy atom. The minimum atomic E-state index is -0.764. The highest BCUT2D eigenvalue weighted by Crippen LogP contribution is 2.36. The summed E-state index contributed by atoms with van der Waals surface area (Å²) in [6, 6.07) is -0.183. The molecular weight excluding hydrogens is 330 g/mol. The van der Waals surface area contributed by atoms with E-state index in [9.17, 15) is 14.4 Å². The molecule has 0 bridgehead atoms. The fourth-order valence-corrected chi connectivity index (χ4v) is 4.72. The Hall–Kier alpha value is -1.59. The molecular formula is C20H33N3O3. The third-order valence-corrected chi connectivity index (χ3v) is 6.21. The number of carbonyl (C=O) groups is 3. The number of hydrogen-bond donors (Lipinski definition) is 1. The van der Waals surface area contributed by atoms with Gasteiger partial charge in [-0.05, 0) is 56.3 Å². The molecule has 1 spiro atoms. The summed E-state index contributed by atoms with van der Waals surface area (Å²) in [5.41, 5.74) is -0.614. The first kappa shape index (κ1) is 19.2. The van der Waals surface area contributed by atoms with Crippen molar-refractivity contribution in [1.29, 1.82) is 0 Å². The molecule has 4 amide bonds. The number of likely N-dealkylation sites (tertiary alicyclic amines) is 1. The van der Waals surface area contributed by atoms with Crippen molar-refractivity contribution in [3.05, 3.63) is 0 Å². The maximum absolute atomic E-state index is 12.9. The number of carbonyl (C=O) groups excluding carboxylic acids is 3. The normalized spacial score (nSPS) is 32.5. The quantitative estimate of drug-likeness (QED) is 0.784. The number of nitrogens with one attached hydrogen (secondary N) is 1. The van der Waals surface area contributed by atoms with Crippen LogP contribution in [0.1, 0.15) is 72.6 Å². The van der Waals surface area contributed by atoms with Crippen LogP contribution in [0.25, 0.3) is 0 Å². The van der Waals surface area contributed by atoms with Gasteiger partial charge >= 0.3 is 6.03 Å². The lowest BCUT2D eigenvalue weighted by Gasteiger charge is -2.34. The average Bonchev–Trinajstić information content (AvgIpc) is 3.07. The lowest BCUT2D eigenvalue weighted by molar-refractivity contribution is -0.140. The van der Waals surface area contributed by atoms with Crippen LogP contribution in [0.3, 0.4) is 0 Å².